The van der Waals surface area contributed by atoms with Crippen LogP contribution in [0.3, 0.4) is 0 Å². The first kappa shape index (κ1) is 22.2. The van der Waals surface area contributed by atoms with E-state index in [1.807, 2.05) is 0 Å². The topological polar surface area (TPSA) is 80.3 Å². The van der Waals surface area contributed by atoms with E-state index in [9.17, 15) is 19.8 Å². The van der Waals surface area contributed by atoms with Crippen molar-refractivity contribution in [1.82, 2.24) is 0 Å². The van der Waals surface area contributed by atoms with Gasteiger partial charge in [0, 0.05) is 0 Å². The Kier molecular flexibility index (Phi) is 13.4. The Balaban J connectivity index is -0.000000180. The largest absolute Gasteiger partial charge is 2.00 e. The summed E-state index contributed by atoms with van der Waals surface area (Å²) in [6, 6.07) is 0. The Hall–Kier alpha value is 2.02. The Morgan fingerprint density at radius 2 is 0.800 bits per heavy atom. The summed E-state index contributed by atoms with van der Waals surface area (Å²) in [5.74, 6) is -3.42. The fourth-order valence-electron chi connectivity index (χ4n) is 0. The Bertz CT molecular complexity index is 196. The molecule has 15 heavy (non-hydrogen) atoms. The van der Waals surface area contributed by atoms with Crippen molar-refractivity contribution < 1.29 is 60.2 Å². The van der Waals surface area contributed by atoms with Crippen molar-refractivity contribution >= 4 is 81.5 Å². The second-order valence-electron chi connectivity index (χ2n) is 1.57. The minimum Gasteiger partial charge on any atom is -0.545 e. The van der Waals surface area contributed by atoms with Crippen LogP contribution in [-0.2, 0) is 9.59 Å². The molecule has 0 amide bonds. The quantitative estimate of drug-likeness (QED) is 0.470. The van der Waals surface area contributed by atoms with Gasteiger partial charge in [-0.05, 0) is 0 Å². The molecule has 0 N–H and O–H groups in total. The minimum atomic E-state index is -2.28. The van der Waals surface area contributed by atoms with Crippen molar-refractivity contribution in [2.75, 3.05) is 0 Å². The van der Waals surface area contributed by atoms with E-state index >= 15 is 0 Å². The third-order valence-corrected chi connectivity index (χ3v) is 1.39. The van der Waals surface area contributed by atoms with Crippen LogP contribution in [0.25, 0.3) is 0 Å². The van der Waals surface area contributed by atoms with Crippen LogP contribution >= 0.6 is 69.6 Å². The normalized spacial score (nSPS) is 10.5. The van der Waals surface area contributed by atoms with Gasteiger partial charge in [0.05, 0.1) is 11.9 Å². The Morgan fingerprint density at radius 3 is 0.800 bits per heavy atom. The standard InChI is InChI=1S/2C2HCl3O2.Sm/c2*3-2(4,5)1(6)7;/h2*(H,6,7);/q;;+2/p-2. The fraction of sp³-hybridized carbons (Fsp3) is 0.500. The van der Waals surface area contributed by atoms with Crippen LogP contribution in [0.4, 0.5) is 0 Å². The summed E-state index contributed by atoms with van der Waals surface area (Å²) in [7, 11) is 0. The zero-order valence-electron chi connectivity index (χ0n) is 6.31. The molecule has 0 radical (unpaired) electrons. The average molecular weight is 475 g/mol. The number of carbonyl (C=O) groups excluding carboxylic acids is 2. The maximum absolute atomic E-state index is 9.51. The van der Waals surface area contributed by atoms with Gasteiger partial charge in [-0.15, -0.1) is 0 Å². The molecule has 0 aliphatic rings. The maximum atomic E-state index is 9.51. The molecule has 0 bridgehead atoms. The SMILES string of the molecule is O=C([O-])C(Cl)(Cl)Cl.O=C([O-])C(Cl)(Cl)Cl.[Sm+2]. The molecule has 4 nitrogen and oxygen atoms in total. The van der Waals surface area contributed by atoms with Gasteiger partial charge in [0.1, 0.15) is 0 Å². The van der Waals surface area contributed by atoms with Gasteiger partial charge in [0.25, 0.3) is 0 Å². The van der Waals surface area contributed by atoms with Crippen molar-refractivity contribution in [3.8, 4) is 0 Å². The second kappa shape index (κ2) is 9.02. The molecular formula is C4Cl6O4Sm. The van der Waals surface area contributed by atoms with E-state index in [2.05, 4.69) is 0 Å². The smallest absolute Gasteiger partial charge is 0.545 e. The van der Waals surface area contributed by atoms with Crippen LogP contribution in [0.15, 0.2) is 0 Å². The molecule has 0 aromatic rings. The number of aliphatic carboxylic acids is 2. The summed E-state index contributed by atoms with van der Waals surface area (Å²) >= 11 is 28.4. The van der Waals surface area contributed by atoms with Gasteiger partial charge in [0.2, 0.25) is 7.59 Å². The van der Waals surface area contributed by atoms with E-state index < -0.39 is 19.5 Å². The summed E-state index contributed by atoms with van der Waals surface area (Å²) in [5, 5.41) is 19.0. The van der Waals surface area contributed by atoms with Gasteiger partial charge in [-0.3, -0.25) is 0 Å². The van der Waals surface area contributed by atoms with Gasteiger partial charge < -0.3 is 19.8 Å². The summed E-state index contributed by atoms with van der Waals surface area (Å²) in [6.45, 7) is 0. The number of hydrogen-bond donors (Lipinski definition) is 0. The number of hydrogen-bond acceptors (Lipinski definition) is 4. The van der Waals surface area contributed by atoms with Gasteiger partial charge in [-0.25, -0.2) is 0 Å². The van der Waals surface area contributed by atoms with Crippen molar-refractivity contribution in [2.24, 2.45) is 0 Å². The van der Waals surface area contributed by atoms with E-state index in [0.717, 1.165) is 0 Å². The molecular weight excluding hydrogens is 475 g/mol. The molecule has 88 valence electrons. The number of carboxylic acids is 2. The third-order valence-electron chi connectivity index (χ3n) is 0.463. The molecule has 11 heteroatoms. The maximum Gasteiger partial charge on any atom is 2.00 e. The number of rotatable bonds is 0. The van der Waals surface area contributed by atoms with Gasteiger partial charge >= 0.3 is 40.4 Å². The molecule has 0 aliphatic heterocycles. The first-order valence-electron chi connectivity index (χ1n) is 2.45. The molecule has 0 spiro atoms. The van der Waals surface area contributed by atoms with Gasteiger partial charge in [0.15, 0.2) is 0 Å². The zero-order valence-corrected chi connectivity index (χ0v) is 13.5. The summed E-state index contributed by atoms with van der Waals surface area (Å²) in [6.07, 6.45) is 0. The van der Waals surface area contributed by atoms with E-state index in [-0.39, 0.29) is 40.4 Å². The Morgan fingerprint density at radius 1 is 0.733 bits per heavy atom. The summed E-state index contributed by atoms with van der Waals surface area (Å²) in [5.41, 5.74) is 0. The molecule has 0 saturated heterocycles. The van der Waals surface area contributed by atoms with E-state index in [1.54, 1.807) is 0 Å². The molecule has 0 unspecified atom stereocenters. The van der Waals surface area contributed by atoms with Crippen molar-refractivity contribution in [1.29, 1.82) is 0 Å². The molecule has 0 atom stereocenters. The number of carboxylic acid groups (broad SMARTS) is 2. The molecule has 0 aromatic carbocycles. The number of alkyl halides is 6. The van der Waals surface area contributed by atoms with Crippen LogP contribution in [-0.4, -0.2) is 19.5 Å². The van der Waals surface area contributed by atoms with E-state index in [0.29, 0.717) is 0 Å². The van der Waals surface area contributed by atoms with E-state index in [1.165, 1.54) is 0 Å². The number of halogens is 6. The van der Waals surface area contributed by atoms with Gasteiger partial charge in [-0.1, -0.05) is 69.6 Å². The second-order valence-corrected chi connectivity index (χ2v) is 6.13. The molecule has 0 aromatic heterocycles. The minimum absolute atomic E-state index is 0. The molecule has 0 heterocycles. The first-order chi connectivity index (χ1) is 5.89. The summed E-state index contributed by atoms with van der Waals surface area (Å²) in [4.78, 5) is 19.0. The third kappa shape index (κ3) is 16.0. The number of carbonyl (C=O) groups is 2. The van der Waals surface area contributed by atoms with Crippen LogP contribution in [0, 0.1) is 40.4 Å². The van der Waals surface area contributed by atoms with Crippen LogP contribution in [0.2, 0.25) is 0 Å². The molecule has 0 rings (SSSR count). The predicted molar refractivity (Wildman–Crippen MR) is 50.6 cm³/mol. The van der Waals surface area contributed by atoms with Crippen LogP contribution in [0.5, 0.6) is 0 Å². The molecule has 0 saturated carbocycles. The average Bonchev–Trinajstić information content (AvgIpc) is 1.83. The predicted octanol–water partition coefficient (Wildman–Crippen LogP) is 0.213. The van der Waals surface area contributed by atoms with Crippen LogP contribution in [0.1, 0.15) is 0 Å². The monoisotopic (exact) mass is 474 g/mol. The van der Waals surface area contributed by atoms with Crippen molar-refractivity contribution in [3.05, 3.63) is 0 Å². The summed E-state index contributed by atoms with van der Waals surface area (Å²) < 4.78 is -4.56. The molecule has 0 fully saturated rings. The van der Waals surface area contributed by atoms with E-state index in [4.69, 9.17) is 69.6 Å². The van der Waals surface area contributed by atoms with Gasteiger partial charge in [-0.2, -0.15) is 0 Å². The van der Waals surface area contributed by atoms with Crippen molar-refractivity contribution in [2.45, 2.75) is 7.59 Å². The Labute approximate surface area is 147 Å². The zero-order chi connectivity index (χ0) is 12.2. The first-order valence-corrected chi connectivity index (χ1v) is 4.72. The van der Waals surface area contributed by atoms with Crippen LogP contribution < -0.4 is 10.2 Å². The van der Waals surface area contributed by atoms with Crippen molar-refractivity contribution in [3.63, 3.8) is 0 Å². The fourth-order valence-corrected chi connectivity index (χ4v) is 0. The molecule has 0 aliphatic carbocycles.